The number of benzene rings is 1. The molecule has 2 N–H and O–H groups in total. The fourth-order valence-corrected chi connectivity index (χ4v) is 1.98. The molecule has 0 aliphatic heterocycles. The van der Waals surface area contributed by atoms with E-state index in [-0.39, 0.29) is 18.7 Å². The average molecular weight is 264 g/mol. The molecular weight excluding hydrogens is 244 g/mol. The Hall–Kier alpha value is -1.75. The smallest absolute Gasteiger partial charge is 0.322 e. The molecule has 104 valence electrons. The molecular formula is C14H20N2O3. The molecule has 1 saturated carbocycles. The van der Waals surface area contributed by atoms with E-state index in [9.17, 15) is 4.79 Å². The molecule has 0 unspecified atom stereocenters. The number of aliphatic hydroxyl groups is 1. The predicted octanol–water partition coefficient (Wildman–Crippen LogP) is 2.07. The summed E-state index contributed by atoms with van der Waals surface area (Å²) in [5, 5.41) is 11.9. The van der Waals surface area contributed by atoms with Gasteiger partial charge >= 0.3 is 6.03 Å². The highest BCUT2D eigenvalue weighted by atomic mass is 16.5. The summed E-state index contributed by atoms with van der Waals surface area (Å²) in [4.78, 5) is 13.9. The first-order chi connectivity index (χ1) is 9.26. The molecule has 5 nitrogen and oxygen atoms in total. The summed E-state index contributed by atoms with van der Waals surface area (Å²) in [7, 11) is 0. The normalized spacial score (nSPS) is 14.0. The summed E-state index contributed by atoms with van der Waals surface area (Å²) in [5.41, 5.74) is 0.665. The van der Waals surface area contributed by atoms with Crippen molar-refractivity contribution in [2.45, 2.75) is 25.8 Å². The van der Waals surface area contributed by atoms with Gasteiger partial charge in [-0.1, -0.05) is 12.1 Å². The lowest BCUT2D eigenvalue weighted by atomic mass is 10.3. The number of rotatable bonds is 6. The van der Waals surface area contributed by atoms with E-state index in [0.29, 0.717) is 24.6 Å². The van der Waals surface area contributed by atoms with E-state index in [1.807, 2.05) is 31.2 Å². The van der Waals surface area contributed by atoms with E-state index in [0.717, 1.165) is 12.8 Å². The first kappa shape index (κ1) is 13.7. The van der Waals surface area contributed by atoms with Crippen LogP contribution in [-0.4, -0.2) is 41.8 Å². The van der Waals surface area contributed by atoms with Crippen LogP contribution in [0.2, 0.25) is 0 Å². The van der Waals surface area contributed by atoms with Crippen molar-refractivity contribution in [1.82, 2.24) is 4.90 Å². The van der Waals surface area contributed by atoms with Crippen LogP contribution in [0.4, 0.5) is 10.5 Å². The van der Waals surface area contributed by atoms with Crippen molar-refractivity contribution >= 4 is 11.7 Å². The Balaban J connectivity index is 2.04. The summed E-state index contributed by atoms with van der Waals surface area (Å²) in [6.07, 6.45) is 2.03. The summed E-state index contributed by atoms with van der Waals surface area (Å²) in [6, 6.07) is 7.45. The van der Waals surface area contributed by atoms with E-state index in [1.165, 1.54) is 0 Å². The van der Waals surface area contributed by atoms with E-state index in [2.05, 4.69) is 5.32 Å². The second-order valence-electron chi connectivity index (χ2n) is 4.51. The maximum atomic E-state index is 12.2. The SMILES string of the molecule is CCOc1ccccc1NC(=O)N(CCO)C1CC1. The molecule has 0 spiro atoms. The third-order valence-corrected chi connectivity index (χ3v) is 3.02. The molecule has 1 aliphatic rings. The van der Waals surface area contributed by atoms with Crippen LogP contribution < -0.4 is 10.1 Å². The number of para-hydroxylation sites is 2. The van der Waals surface area contributed by atoms with Gasteiger partial charge < -0.3 is 20.1 Å². The quantitative estimate of drug-likeness (QED) is 0.827. The number of carbonyl (C=O) groups is 1. The van der Waals surface area contributed by atoms with Gasteiger partial charge in [-0.15, -0.1) is 0 Å². The molecule has 1 aliphatic carbocycles. The molecule has 1 aromatic carbocycles. The number of hydrogen-bond acceptors (Lipinski definition) is 3. The molecule has 5 heteroatoms. The van der Waals surface area contributed by atoms with Crippen molar-refractivity contribution in [3.05, 3.63) is 24.3 Å². The number of urea groups is 1. The van der Waals surface area contributed by atoms with Crippen molar-refractivity contribution in [3.8, 4) is 5.75 Å². The van der Waals surface area contributed by atoms with Gasteiger partial charge in [-0.25, -0.2) is 4.79 Å². The highest BCUT2D eigenvalue weighted by Crippen LogP contribution is 2.29. The van der Waals surface area contributed by atoms with Gasteiger partial charge in [0, 0.05) is 12.6 Å². The Labute approximate surface area is 113 Å². The van der Waals surface area contributed by atoms with Gasteiger partial charge in [-0.05, 0) is 31.9 Å². The third-order valence-electron chi connectivity index (χ3n) is 3.02. The first-order valence-electron chi connectivity index (χ1n) is 6.66. The lowest BCUT2D eigenvalue weighted by molar-refractivity contribution is 0.185. The Kier molecular flexibility index (Phi) is 4.63. The third kappa shape index (κ3) is 3.61. The zero-order chi connectivity index (χ0) is 13.7. The van der Waals surface area contributed by atoms with Crippen molar-refractivity contribution in [3.63, 3.8) is 0 Å². The van der Waals surface area contributed by atoms with Gasteiger partial charge in [0.2, 0.25) is 0 Å². The van der Waals surface area contributed by atoms with Crippen LogP contribution in [0.3, 0.4) is 0 Å². The van der Waals surface area contributed by atoms with Gasteiger partial charge in [-0.3, -0.25) is 0 Å². The van der Waals surface area contributed by atoms with E-state index >= 15 is 0 Å². The summed E-state index contributed by atoms with van der Waals surface area (Å²) >= 11 is 0. The number of carbonyl (C=O) groups excluding carboxylic acids is 1. The largest absolute Gasteiger partial charge is 0.492 e. The highest BCUT2D eigenvalue weighted by Gasteiger charge is 2.32. The first-order valence-corrected chi connectivity index (χ1v) is 6.66. The van der Waals surface area contributed by atoms with E-state index in [4.69, 9.17) is 9.84 Å². The molecule has 0 heterocycles. The number of nitrogens with zero attached hydrogens (tertiary/aromatic N) is 1. The molecule has 0 atom stereocenters. The van der Waals surface area contributed by atoms with Gasteiger partial charge in [0.15, 0.2) is 0 Å². The number of aliphatic hydroxyl groups excluding tert-OH is 1. The van der Waals surface area contributed by atoms with Crippen molar-refractivity contribution in [2.24, 2.45) is 0 Å². The Morgan fingerprint density at radius 1 is 1.47 bits per heavy atom. The molecule has 1 fully saturated rings. The fraction of sp³-hybridized carbons (Fsp3) is 0.500. The van der Waals surface area contributed by atoms with Crippen LogP contribution in [-0.2, 0) is 0 Å². The second-order valence-corrected chi connectivity index (χ2v) is 4.51. The van der Waals surface area contributed by atoms with Crippen molar-refractivity contribution in [2.75, 3.05) is 25.1 Å². The standard InChI is InChI=1S/C14H20N2O3/c1-2-19-13-6-4-3-5-12(13)15-14(18)16(9-10-17)11-7-8-11/h3-6,11,17H,2,7-10H2,1H3,(H,15,18). The summed E-state index contributed by atoms with van der Waals surface area (Å²) in [6.45, 7) is 2.81. The summed E-state index contributed by atoms with van der Waals surface area (Å²) < 4.78 is 5.47. The monoisotopic (exact) mass is 264 g/mol. The lowest BCUT2D eigenvalue weighted by Crippen LogP contribution is -2.38. The van der Waals surface area contributed by atoms with Crippen LogP contribution in [0.25, 0.3) is 0 Å². The minimum Gasteiger partial charge on any atom is -0.492 e. The predicted molar refractivity (Wildman–Crippen MR) is 73.4 cm³/mol. The lowest BCUT2D eigenvalue weighted by Gasteiger charge is -2.22. The minimum atomic E-state index is -0.177. The maximum absolute atomic E-state index is 12.2. The number of anilines is 1. The zero-order valence-electron chi connectivity index (χ0n) is 11.1. The molecule has 19 heavy (non-hydrogen) atoms. The highest BCUT2D eigenvalue weighted by molar-refractivity contribution is 5.91. The van der Waals surface area contributed by atoms with Crippen molar-refractivity contribution < 1.29 is 14.6 Å². The van der Waals surface area contributed by atoms with E-state index in [1.54, 1.807) is 4.90 Å². The van der Waals surface area contributed by atoms with Gasteiger partial charge in [0.1, 0.15) is 5.75 Å². The maximum Gasteiger partial charge on any atom is 0.322 e. The Bertz CT molecular complexity index is 432. The molecule has 0 aromatic heterocycles. The van der Waals surface area contributed by atoms with Crippen LogP contribution in [0.1, 0.15) is 19.8 Å². The molecule has 2 amide bonds. The van der Waals surface area contributed by atoms with Gasteiger partial charge in [0.25, 0.3) is 0 Å². The van der Waals surface area contributed by atoms with Crippen LogP contribution in [0.5, 0.6) is 5.75 Å². The number of nitrogens with one attached hydrogen (secondary N) is 1. The zero-order valence-corrected chi connectivity index (χ0v) is 11.1. The topological polar surface area (TPSA) is 61.8 Å². The number of hydrogen-bond donors (Lipinski definition) is 2. The minimum absolute atomic E-state index is 0.0168. The molecule has 1 aromatic rings. The van der Waals surface area contributed by atoms with Crippen molar-refractivity contribution in [1.29, 1.82) is 0 Å². The summed E-state index contributed by atoms with van der Waals surface area (Å²) in [5.74, 6) is 0.665. The Morgan fingerprint density at radius 3 is 2.84 bits per heavy atom. The van der Waals surface area contributed by atoms with Gasteiger partial charge in [-0.2, -0.15) is 0 Å². The molecule has 0 bridgehead atoms. The fourth-order valence-electron chi connectivity index (χ4n) is 1.98. The van der Waals surface area contributed by atoms with Crippen LogP contribution >= 0.6 is 0 Å². The van der Waals surface area contributed by atoms with Gasteiger partial charge in [0.05, 0.1) is 18.9 Å². The molecule has 2 rings (SSSR count). The number of ether oxygens (including phenoxy) is 1. The number of amides is 2. The van der Waals surface area contributed by atoms with Crippen LogP contribution in [0.15, 0.2) is 24.3 Å². The molecule has 0 radical (unpaired) electrons. The average Bonchev–Trinajstić information content (AvgIpc) is 3.23. The molecule has 0 saturated heterocycles. The van der Waals surface area contributed by atoms with E-state index < -0.39 is 0 Å². The second kappa shape index (κ2) is 6.43. The van der Waals surface area contributed by atoms with Crippen LogP contribution in [0, 0.1) is 0 Å². The Morgan fingerprint density at radius 2 is 2.21 bits per heavy atom.